The molecule has 40 heavy (non-hydrogen) atoms. The third-order valence-corrected chi connectivity index (χ3v) is 8.82. The molecule has 3 aromatic carbocycles. The van der Waals surface area contributed by atoms with E-state index in [-0.39, 0.29) is 31.2 Å². The summed E-state index contributed by atoms with van der Waals surface area (Å²) in [7, 11) is -2.43. The average molecular weight is 607 g/mol. The average Bonchev–Trinajstić information content (AvgIpc) is 3.42. The molecule has 1 N–H and O–H groups in total. The molecule has 1 aliphatic rings. The van der Waals surface area contributed by atoms with Crippen molar-refractivity contribution >= 4 is 50.7 Å². The lowest BCUT2D eigenvalue weighted by Crippen LogP contribution is -2.53. The maximum atomic E-state index is 14.1. The van der Waals surface area contributed by atoms with Gasteiger partial charge in [0.1, 0.15) is 12.6 Å². The Morgan fingerprint density at radius 2 is 1.73 bits per heavy atom. The molecule has 0 aliphatic carbocycles. The second-order valence-corrected chi connectivity index (χ2v) is 12.0. The fourth-order valence-corrected chi connectivity index (χ4v) is 5.84. The second kappa shape index (κ2) is 12.8. The van der Waals surface area contributed by atoms with Crippen LogP contribution in [0.5, 0.6) is 11.5 Å². The van der Waals surface area contributed by atoms with E-state index in [0.717, 1.165) is 9.87 Å². The molecule has 212 valence electrons. The van der Waals surface area contributed by atoms with Crippen molar-refractivity contribution in [2.24, 2.45) is 0 Å². The first-order valence-corrected chi connectivity index (χ1v) is 14.9. The van der Waals surface area contributed by atoms with Crippen molar-refractivity contribution < 1.29 is 27.5 Å². The Labute approximate surface area is 243 Å². The van der Waals surface area contributed by atoms with E-state index in [1.54, 1.807) is 30.3 Å². The van der Waals surface area contributed by atoms with Crippen LogP contribution in [0.4, 0.5) is 5.69 Å². The summed E-state index contributed by atoms with van der Waals surface area (Å²) in [4.78, 5) is 28.6. The largest absolute Gasteiger partial charge is 0.454 e. The fraction of sp³-hybridized carbons (Fsp3) is 0.286. The van der Waals surface area contributed by atoms with Gasteiger partial charge in [0, 0.05) is 36.1 Å². The van der Waals surface area contributed by atoms with E-state index < -0.39 is 34.4 Å². The Bertz CT molecular complexity index is 1490. The first-order chi connectivity index (χ1) is 19.1. The summed E-state index contributed by atoms with van der Waals surface area (Å²) >= 11 is 12.5. The van der Waals surface area contributed by atoms with E-state index in [4.69, 9.17) is 32.7 Å². The van der Waals surface area contributed by atoms with Crippen molar-refractivity contribution in [1.82, 2.24) is 10.2 Å². The molecule has 0 spiro atoms. The summed E-state index contributed by atoms with van der Waals surface area (Å²) < 4.78 is 38.2. The van der Waals surface area contributed by atoms with Gasteiger partial charge in [-0.3, -0.25) is 13.9 Å². The number of sulfonamides is 1. The normalized spacial score (nSPS) is 13.0. The molecule has 0 fully saturated rings. The number of halogens is 2. The van der Waals surface area contributed by atoms with Crippen molar-refractivity contribution in [3.05, 3.63) is 87.9 Å². The van der Waals surface area contributed by atoms with Crippen LogP contribution in [0.2, 0.25) is 10.0 Å². The summed E-state index contributed by atoms with van der Waals surface area (Å²) in [6.45, 7) is 0.902. The van der Waals surface area contributed by atoms with Gasteiger partial charge in [-0.15, -0.1) is 0 Å². The molecular weight excluding hydrogens is 577 g/mol. The van der Waals surface area contributed by atoms with Gasteiger partial charge in [-0.1, -0.05) is 59.6 Å². The Balaban J connectivity index is 1.74. The van der Waals surface area contributed by atoms with E-state index >= 15 is 0 Å². The van der Waals surface area contributed by atoms with Crippen LogP contribution >= 0.6 is 23.2 Å². The van der Waals surface area contributed by atoms with Gasteiger partial charge < -0.3 is 19.7 Å². The first kappa shape index (κ1) is 29.5. The SMILES string of the molecule is CCS(=O)(=O)N(CC(=O)N(Cc1ccc(Cl)cc1Cl)[C@H](Cc1ccccc1)C(=O)NC)c1ccc2c(c1)OCO2. The van der Waals surface area contributed by atoms with Crippen LogP contribution in [0, 0.1) is 0 Å². The minimum atomic E-state index is -3.91. The monoisotopic (exact) mass is 605 g/mol. The highest BCUT2D eigenvalue weighted by Gasteiger charge is 2.34. The van der Waals surface area contributed by atoms with Gasteiger partial charge in [0.15, 0.2) is 11.5 Å². The number of hydrogen-bond acceptors (Lipinski definition) is 6. The standard InChI is InChI=1S/C28H29Cl2N3O6S/c1-3-40(36,37)33(22-11-12-25-26(15-22)39-18-38-25)17-27(34)32(16-20-9-10-21(29)14-23(20)30)24(28(35)31-2)13-19-7-5-4-6-8-19/h4-12,14-15,24H,3,13,16-18H2,1-2H3,(H,31,35)/t24-/m1/s1. The molecule has 4 rings (SSSR count). The molecule has 0 unspecified atom stereocenters. The number of ether oxygens (including phenoxy) is 2. The summed E-state index contributed by atoms with van der Waals surface area (Å²) in [6.07, 6.45) is 0.196. The van der Waals surface area contributed by atoms with Crippen LogP contribution in [0.3, 0.4) is 0 Å². The van der Waals surface area contributed by atoms with Gasteiger partial charge >= 0.3 is 0 Å². The highest BCUT2D eigenvalue weighted by atomic mass is 35.5. The molecule has 0 bridgehead atoms. The molecule has 0 aromatic heterocycles. The fourth-order valence-electron chi connectivity index (χ4n) is 4.31. The number of carbonyl (C=O) groups is 2. The minimum absolute atomic E-state index is 0.0150. The van der Waals surface area contributed by atoms with Crippen molar-refractivity contribution in [2.45, 2.75) is 25.9 Å². The number of likely N-dealkylation sites (N-methyl/N-ethyl adjacent to an activating group) is 1. The number of amides is 2. The Hall–Kier alpha value is -3.47. The van der Waals surface area contributed by atoms with Crippen molar-refractivity contribution in [2.75, 3.05) is 30.4 Å². The van der Waals surface area contributed by atoms with Crippen molar-refractivity contribution in [1.29, 1.82) is 0 Å². The van der Waals surface area contributed by atoms with E-state index in [0.29, 0.717) is 27.1 Å². The van der Waals surface area contributed by atoms with Gasteiger partial charge in [-0.25, -0.2) is 8.42 Å². The van der Waals surface area contributed by atoms with E-state index in [1.165, 1.54) is 24.9 Å². The lowest BCUT2D eigenvalue weighted by atomic mass is 10.0. The lowest BCUT2D eigenvalue weighted by Gasteiger charge is -2.33. The van der Waals surface area contributed by atoms with Crippen LogP contribution in [-0.4, -0.2) is 57.3 Å². The molecule has 0 saturated heterocycles. The number of benzene rings is 3. The maximum Gasteiger partial charge on any atom is 0.244 e. The summed E-state index contributed by atoms with van der Waals surface area (Å²) in [5, 5.41) is 3.37. The number of anilines is 1. The number of nitrogens with zero attached hydrogens (tertiary/aromatic N) is 2. The molecule has 1 heterocycles. The van der Waals surface area contributed by atoms with Gasteiger partial charge in [0.25, 0.3) is 0 Å². The topological polar surface area (TPSA) is 105 Å². The highest BCUT2D eigenvalue weighted by molar-refractivity contribution is 7.92. The van der Waals surface area contributed by atoms with Crippen LogP contribution in [0.1, 0.15) is 18.1 Å². The molecule has 3 aromatic rings. The molecule has 12 heteroatoms. The summed E-state index contributed by atoms with van der Waals surface area (Å²) in [6, 6.07) is 17.8. The van der Waals surface area contributed by atoms with Gasteiger partial charge in [0.05, 0.1) is 11.4 Å². The van der Waals surface area contributed by atoms with Crippen LogP contribution < -0.4 is 19.1 Å². The molecule has 1 atom stereocenters. The molecule has 0 saturated carbocycles. The van der Waals surface area contributed by atoms with Crippen LogP contribution in [-0.2, 0) is 32.6 Å². The predicted molar refractivity (Wildman–Crippen MR) is 154 cm³/mol. The highest BCUT2D eigenvalue weighted by Crippen LogP contribution is 2.36. The Morgan fingerprint density at radius 3 is 2.40 bits per heavy atom. The summed E-state index contributed by atoms with van der Waals surface area (Å²) in [5.74, 6) is -0.398. The van der Waals surface area contributed by atoms with E-state index in [1.807, 2.05) is 30.3 Å². The second-order valence-electron chi connectivity index (χ2n) is 9.02. The Kier molecular flexibility index (Phi) is 9.44. The van der Waals surface area contributed by atoms with Crippen LogP contribution in [0.15, 0.2) is 66.7 Å². The lowest BCUT2D eigenvalue weighted by molar-refractivity contribution is -0.139. The number of carbonyl (C=O) groups excluding carboxylic acids is 2. The minimum Gasteiger partial charge on any atom is -0.454 e. The predicted octanol–water partition coefficient (Wildman–Crippen LogP) is 4.26. The smallest absolute Gasteiger partial charge is 0.244 e. The van der Waals surface area contributed by atoms with Gasteiger partial charge in [-0.05, 0) is 42.3 Å². The molecule has 9 nitrogen and oxygen atoms in total. The number of hydrogen-bond donors (Lipinski definition) is 1. The van der Waals surface area contributed by atoms with E-state index in [9.17, 15) is 18.0 Å². The molecule has 1 aliphatic heterocycles. The van der Waals surface area contributed by atoms with Gasteiger partial charge in [0.2, 0.25) is 28.6 Å². The molecule has 0 radical (unpaired) electrons. The molecule has 2 amide bonds. The third kappa shape index (κ3) is 6.80. The van der Waals surface area contributed by atoms with Gasteiger partial charge in [-0.2, -0.15) is 0 Å². The zero-order valence-electron chi connectivity index (χ0n) is 22.0. The van der Waals surface area contributed by atoms with E-state index in [2.05, 4.69) is 5.32 Å². The third-order valence-electron chi connectivity index (χ3n) is 6.50. The quantitative estimate of drug-likeness (QED) is 0.350. The zero-order chi connectivity index (χ0) is 28.9. The first-order valence-electron chi connectivity index (χ1n) is 12.5. The molecular formula is C28H29Cl2N3O6S. The van der Waals surface area contributed by atoms with Crippen molar-refractivity contribution in [3.8, 4) is 11.5 Å². The zero-order valence-corrected chi connectivity index (χ0v) is 24.3. The van der Waals surface area contributed by atoms with Crippen molar-refractivity contribution in [3.63, 3.8) is 0 Å². The number of rotatable bonds is 11. The number of nitrogens with one attached hydrogen (secondary N) is 1. The summed E-state index contributed by atoms with van der Waals surface area (Å²) in [5.41, 5.74) is 1.61. The van der Waals surface area contributed by atoms with Crippen LogP contribution in [0.25, 0.3) is 0 Å². The Morgan fingerprint density at radius 1 is 1.00 bits per heavy atom. The maximum absolute atomic E-state index is 14.1. The number of fused-ring (bicyclic) bond motifs is 1.